The van der Waals surface area contributed by atoms with E-state index in [0.717, 1.165) is 17.7 Å². The van der Waals surface area contributed by atoms with Crippen molar-refractivity contribution in [3.05, 3.63) is 94.2 Å². The highest BCUT2D eigenvalue weighted by Crippen LogP contribution is 2.23. The topological polar surface area (TPSA) is 76.5 Å². The minimum atomic E-state index is -0.149. The Morgan fingerprint density at radius 2 is 1.84 bits per heavy atom. The van der Waals surface area contributed by atoms with Crippen molar-refractivity contribution in [3.63, 3.8) is 0 Å². The summed E-state index contributed by atoms with van der Waals surface area (Å²) in [6.45, 7) is 2.60. The Bertz CT molecular complexity index is 1420. The first kappa shape index (κ1) is 19.5. The van der Waals surface area contributed by atoms with Gasteiger partial charge in [0.1, 0.15) is 0 Å². The normalized spacial score (nSPS) is 11.4. The van der Waals surface area contributed by atoms with Gasteiger partial charge in [-0.25, -0.2) is 15.0 Å². The van der Waals surface area contributed by atoms with Gasteiger partial charge in [0.05, 0.1) is 0 Å². The van der Waals surface area contributed by atoms with Gasteiger partial charge in [-0.3, -0.25) is 9.36 Å². The molecule has 0 unspecified atom stereocenters. The van der Waals surface area contributed by atoms with Crippen LogP contribution < -0.4 is 5.56 Å². The number of hydrogen-bond donors (Lipinski definition) is 1. The van der Waals surface area contributed by atoms with E-state index in [2.05, 4.69) is 63.3 Å². The second kappa shape index (κ2) is 8.35. The maximum Gasteiger partial charge on any atom is 0.282 e. The molecule has 154 valence electrons. The SMILES string of the molecule is Cc1ccc(CSc2nc3nccnc3c(=O)n2CCc2c[nH]c3ccccc23)cc1. The summed E-state index contributed by atoms with van der Waals surface area (Å²) in [4.78, 5) is 29.7. The van der Waals surface area contributed by atoms with Gasteiger partial charge in [0.15, 0.2) is 16.3 Å². The molecule has 6 nitrogen and oxygen atoms in total. The minimum absolute atomic E-state index is 0.149. The Balaban J connectivity index is 1.48. The first-order chi connectivity index (χ1) is 15.2. The third kappa shape index (κ3) is 3.96. The predicted molar refractivity (Wildman–Crippen MR) is 124 cm³/mol. The predicted octanol–water partition coefficient (Wildman–Crippen LogP) is 4.51. The van der Waals surface area contributed by atoms with E-state index in [9.17, 15) is 4.79 Å². The van der Waals surface area contributed by atoms with Gasteiger partial charge >= 0.3 is 0 Å². The summed E-state index contributed by atoms with van der Waals surface area (Å²) in [5.41, 5.74) is 5.24. The fourth-order valence-corrected chi connectivity index (χ4v) is 4.61. The molecule has 0 aliphatic heterocycles. The summed E-state index contributed by atoms with van der Waals surface area (Å²) in [7, 11) is 0. The lowest BCUT2D eigenvalue weighted by atomic mass is 10.1. The van der Waals surface area contributed by atoms with E-state index in [1.807, 2.05) is 18.3 Å². The average molecular weight is 428 g/mol. The number of hydrogen-bond acceptors (Lipinski definition) is 5. The van der Waals surface area contributed by atoms with Gasteiger partial charge in [-0.05, 0) is 30.5 Å². The first-order valence-corrected chi connectivity index (χ1v) is 11.1. The molecule has 0 spiro atoms. The maximum atomic E-state index is 13.2. The molecule has 0 radical (unpaired) electrons. The highest BCUT2D eigenvalue weighted by molar-refractivity contribution is 7.98. The number of aromatic amines is 1. The molecule has 0 bridgehead atoms. The molecule has 0 fully saturated rings. The Labute approximate surface area is 183 Å². The number of aromatic nitrogens is 5. The van der Waals surface area contributed by atoms with Crippen LogP contribution in [0.1, 0.15) is 16.7 Å². The van der Waals surface area contributed by atoms with Gasteiger partial charge in [-0.15, -0.1) is 0 Å². The monoisotopic (exact) mass is 427 g/mol. The van der Waals surface area contributed by atoms with Gasteiger partial charge < -0.3 is 4.98 Å². The van der Waals surface area contributed by atoms with Crippen molar-refractivity contribution in [3.8, 4) is 0 Å². The highest BCUT2D eigenvalue weighted by atomic mass is 32.2. The van der Waals surface area contributed by atoms with Crippen molar-refractivity contribution < 1.29 is 0 Å². The first-order valence-electron chi connectivity index (χ1n) is 10.1. The van der Waals surface area contributed by atoms with Gasteiger partial charge in [0.2, 0.25) is 0 Å². The molecule has 31 heavy (non-hydrogen) atoms. The van der Waals surface area contributed by atoms with E-state index < -0.39 is 0 Å². The highest BCUT2D eigenvalue weighted by Gasteiger charge is 2.14. The van der Waals surface area contributed by atoms with Crippen LogP contribution in [0.3, 0.4) is 0 Å². The Kier molecular flexibility index (Phi) is 5.26. The van der Waals surface area contributed by atoms with E-state index in [0.29, 0.717) is 22.9 Å². The quantitative estimate of drug-likeness (QED) is 0.319. The summed E-state index contributed by atoms with van der Waals surface area (Å²) < 4.78 is 1.73. The Hall–Kier alpha value is -3.45. The van der Waals surface area contributed by atoms with E-state index >= 15 is 0 Å². The number of benzene rings is 2. The van der Waals surface area contributed by atoms with E-state index in [-0.39, 0.29) is 5.56 Å². The number of para-hydroxylation sites is 1. The average Bonchev–Trinajstić information content (AvgIpc) is 3.21. The van der Waals surface area contributed by atoms with Gasteiger partial charge in [0.25, 0.3) is 5.56 Å². The largest absolute Gasteiger partial charge is 0.361 e. The van der Waals surface area contributed by atoms with Crippen LogP contribution in [0.25, 0.3) is 22.1 Å². The van der Waals surface area contributed by atoms with Crippen LogP contribution in [0.5, 0.6) is 0 Å². The zero-order valence-electron chi connectivity index (χ0n) is 17.1. The number of aryl methyl sites for hydroxylation is 2. The zero-order chi connectivity index (χ0) is 21.2. The molecule has 1 N–H and O–H groups in total. The fourth-order valence-electron chi connectivity index (χ4n) is 3.64. The molecule has 0 atom stereocenters. The van der Waals surface area contributed by atoms with Crippen LogP contribution in [0.2, 0.25) is 0 Å². The molecular formula is C24H21N5OS. The summed E-state index contributed by atoms with van der Waals surface area (Å²) in [5, 5.41) is 1.84. The number of nitrogens with one attached hydrogen (secondary N) is 1. The smallest absolute Gasteiger partial charge is 0.282 e. The van der Waals surface area contributed by atoms with Crippen molar-refractivity contribution in [2.24, 2.45) is 0 Å². The second-order valence-electron chi connectivity index (χ2n) is 7.46. The lowest BCUT2D eigenvalue weighted by Crippen LogP contribution is -2.25. The van der Waals surface area contributed by atoms with Gasteiger partial charge in [-0.2, -0.15) is 0 Å². The van der Waals surface area contributed by atoms with Crippen molar-refractivity contribution in [2.45, 2.75) is 30.8 Å². The van der Waals surface area contributed by atoms with Crippen molar-refractivity contribution in [2.75, 3.05) is 0 Å². The molecule has 0 aliphatic rings. The summed E-state index contributed by atoms with van der Waals surface area (Å²) in [6.07, 6.45) is 5.84. The van der Waals surface area contributed by atoms with Gasteiger partial charge in [-0.1, -0.05) is 59.8 Å². The standard InChI is InChI=1S/C24H21N5OS/c1-16-6-8-17(9-7-16)15-31-24-28-22-21(25-11-12-26-22)23(30)29(24)13-10-18-14-27-20-5-3-2-4-19(18)20/h2-9,11-12,14,27H,10,13,15H2,1H3. The van der Waals surface area contributed by atoms with Gasteiger partial charge in [0, 0.05) is 41.8 Å². The molecule has 5 rings (SSSR count). The molecule has 0 aliphatic carbocycles. The minimum Gasteiger partial charge on any atom is -0.361 e. The van der Waals surface area contributed by atoms with Crippen LogP contribution in [-0.4, -0.2) is 24.5 Å². The lowest BCUT2D eigenvalue weighted by molar-refractivity contribution is 0.594. The van der Waals surface area contributed by atoms with E-state index in [1.54, 1.807) is 22.5 Å². The zero-order valence-corrected chi connectivity index (χ0v) is 17.9. The summed E-state index contributed by atoms with van der Waals surface area (Å²) in [5.74, 6) is 0.728. The van der Waals surface area contributed by atoms with Crippen LogP contribution in [-0.2, 0) is 18.7 Å². The molecule has 0 amide bonds. The van der Waals surface area contributed by atoms with Crippen molar-refractivity contribution in [1.82, 2.24) is 24.5 Å². The van der Waals surface area contributed by atoms with Crippen molar-refractivity contribution in [1.29, 1.82) is 0 Å². The Morgan fingerprint density at radius 1 is 1.03 bits per heavy atom. The molecule has 7 heteroatoms. The second-order valence-corrected chi connectivity index (χ2v) is 8.41. The third-order valence-corrected chi connectivity index (χ3v) is 6.37. The number of nitrogens with zero attached hydrogens (tertiary/aromatic N) is 4. The van der Waals surface area contributed by atoms with Crippen molar-refractivity contribution >= 4 is 33.8 Å². The fraction of sp³-hybridized carbons (Fsp3) is 0.167. The summed E-state index contributed by atoms with van der Waals surface area (Å²) in [6, 6.07) is 16.6. The maximum absolute atomic E-state index is 13.2. The van der Waals surface area contributed by atoms with Crippen LogP contribution in [0.4, 0.5) is 0 Å². The van der Waals surface area contributed by atoms with E-state index in [4.69, 9.17) is 0 Å². The summed E-state index contributed by atoms with van der Waals surface area (Å²) >= 11 is 1.55. The van der Waals surface area contributed by atoms with Crippen LogP contribution in [0.15, 0.2) is 77.1 Å². The van der Waals surface area contributed by atoms with E-state index in [1.165, 1.54) is 28.3 Å². The number of H-pyrrole nitrogens is 1. The van der Waals surface area contributed by atoms with Crippen LogP contribution >= 0.6 is 11.8 Å². The Morgan fingerprint density at radius 3 is 2.71 bits per heavy atom. The van der Waals surface area contributed by atoms with Crippen LogP contribution in [0, 0.1) is 6.92 Å². The molecule has 2 aromatic carbocycles. The molecule has 3 heterocycles. The molecule has 0 saturated heterocycles. The number of rotatable bonds is 6. The molecule has 5 aromatic rings. The third-order valence-electron chi connectivity index (χ3n) is 5.33. The number of thioether (sulfide) groups is 1. The molecule has 0 saturated carbocycles. The molecular weight excluding hydrogens is 406 g/mol. The molecule has 3 aromatic heterocycles. The lowest BCUT2D eigenvalue weighted by Gasteiger charge is -2.12. The number of fused-ring (bicyclic) bond motifs is 2.